The smallest absolute Gasteiger partial charge is 0.308 e. The number of carbonyl (C=O) groups excluding carboxylic acids is 2. The molecule has 32 heavy (non-hydrogen) atoms. The van der Waals surface area contributed by atoms with Crippen molar-refractivity contribution in [2.45, 2.75) is 19.1 Å². The van der Waals surface area contributed by atoms with Crippen LogP contribution in [0.3, 0.4) is 0 Å². The van der Waals surface area contributed by atoms with E-state index in [0.29, 0.717) is 16.4 Å². The highest BCUT2D eigenvalue weighted by atomic mass is 35.5. The van der Waals surface area contributed by atoms with Crippen molar-refractivity contribution in [2.75, 3.05) is 0 Å². The highest BCUT2D eigenvalue weighted by molar-refractivity contribution is 7.13. The van der Waals surface area contributed by atoms with Crippen LogP contribution in [0.2, 0.25) is 5.02 Å². The molecule has 2 heterocycles. The maximum absolute atomic E-state index is 12.7. The number of esters is 1. The minimum absolute atomic E-state index is 0.0773. The molecule has 0 aliphatic carbocycles. The third kappa shape index (κ3) is 5.40. The zero-order chi connectivity index (χ0) is 22.3. The molecule has 0 aliphatic heterocycles. The summed E-state index contributed by atoms with van der Waals surface area (Å²) in [5.74, 6) is -0.262. The van der Waals surface area contributed by atoms with E-state index >= 15 is 0 Å². The number of benzene rings is 2. The van der Waals surface area contributed by atoms with Gasteiger partial charge in [-0.2, -0.15) is 4.98 Å². The van der Waals surface area contributed by atoms with Crippen LogP contribution in [0.15, 0.2) is 76.6 Å². The molecule has 4 aromatic rings. The summed E-state index contributed by atoms with van der Waals surface area (Å²) in [6.45, 7) is -0.156. The maximum Gasteiger partial charge on any atom is 0.308 e. The van der Waals surface area contributed by atoms with Crippen LogP contribution in [0, 0.1) is 0 Å². The molecule has 0 saturated carbocycles. The second-order valence-corrected chi connectivity index (χ2v) is 8.13. The van der Waals surface area contributed by atoms with Crippen LogP contribution in [0.1, 0.15) is 34.3 Å². The van der Waals surface area contributed by atoms with E-state index in [1.807, 2.05) is 47.8 Å². The minimum Gasteiger partial charge on any atom is -0.455 e. The van der Waals surface area contributed by atoms with Crippen molar-refractivity contribution in [1.82, 2.24) is 15.5 Å². The molecule has 7 nitrogen and oxygen atoms in total. The van der Waals surface area contributed by atoms with Crippen LogP contribution in [-0.2, 0) is 16.1 Å². The lowest BCUT2D eigenvalue weighted by atomic mass is 10.0. The second-order valence-electron chi connectivity index (χ2n) is 6.77. The second kappa shape index (κ2) is 10.2. The number of hydrogen-bond acceptors (Lipinski definition) is 7. The molecule has 1 N–H and O–H groups in total. The first-order valence-electron chi connectivity index (χ1n) is 9.72. The van der Waals surface area contributed by atoms with Crippen molar-refractivity contribution >= 4 is 34.8 Å². The fraction of sp³-hybridized carbons (Fsp3) is 0.130. The van der Waals surface area contributed by atoms with Gasteiger partial charge in [-0.3, -0.25) is 9.59 Å². The number of carbonyl (C=O) groups is 2. The molecule has 2 aromatic carbocycles. The van der Waals surface area contributed by atoms with E-state index in [-0.39, 0.29) is 24.8 Å². The van der Waals surface area contributed by atoms with Crippen LogP contribution in [0.5, 0.6) is 0 Å². The monoisotopic (exact) mass is 467 g/mol. The summed E-state index contributed by atoms with van der Waals surface area (Å²) in [5, 5.41) is 9.00. The molecule has 162 valence electrons. The summed E-state index contributed by atoms with van der Waals surface area (Å²) in [6.07, 6.45) is -0.0773. The minimum atomic E-state index is -0.600. The molecule has 0 aliphatic rings. The summed E-state index contributed by atoms with van der Waals surface area (Å²) in [4.78, 5) is 30.4. The zero-order valence-electron chi connectivity index (χ0n) is 16.7. The lowest BCUT2D eigenvalue weighted by molar-refractivity contribution is -0.146. The molecule has 9 heteroatoms. The molecule has 4 rings (SSSR count). The molecule has 1 atom stereocenters. The van der Waals surface area contributed by atoms with Gasteiger partial charge in [0.2, 0.25) is 5.82 Å². The number of amides is 1. The molecule has 0 spiro atoms. The van der Waals surface area contributed by atoms with Crippen molar-refractivity contribution in [1.29, 1.82) is 0 Å². The Morgan fingerprint density at radius 2 is 1.84 bits per heavy atom. The van der Waals surface area contributed by atoms with E-state index < -0.39 is 12.0 Å². The van der Waals surface area contributed by atoms with Crippen LogP contribution in [0.4, 0.5) is 0 Å². The van der Waals surface area contributed by atoms with E-state index in [1.165, 1.54) is 11.3 Å². The van der Waals surface area contributed by atoms with Crippen LogP contribution >= 0.6 is 22.9 Å². The lowest BCUT2D eigenvalue weighted by Gasteiger charge is -2.19. The van der Waals surface area contributed by atoms with Crippen molar-refractivity contribution < 1.29 is 18.8 Å². The highest BCUT2D eigenvalue weighted by Gasteiger charge is 2.22. The van der Waals surface area contributed by atoms with Gasteiger partial charge in [0, 0.05) is 0 Å². The van der Waals surface area contributed by atoms with Gasteiger partial charge in [0.1, 0.15) is 0 Å². The Morgan fingerprint density at radius 3 is 2.59 bits per heavy atom. The number of thiophene rings is 1. The van der Waals surface area contributed by atoms with Crippen molar-refractivity contribution in [3.8, 4) is 10.7 Å². The van der Waals surface area contributed by atoms with Gasteiger partial charge in [-0.05, 0) is 29.1 Å². The number of aromatic nitrogens is 2. The fourth-order valence-electron chi connectivity index (χ4n) is 3.01. The van der Waals surface area contributed by atoms with Gasteiger partial charge in [-0.25, -0.2) is 0 Å². The van der Waals surface area contributed by atoms with Crippen LogP contribution < -0.4 is 5.32 Å². The van der Waals surface area contributed by atoms with Gasteiger partial charge >= 0.3 is 5.97 Å². The summed E-state index contributed by atoms with van der Waals surface area (Å²) in [5.41, 5.74) is 1.10. The standard InChI is InChI=1S/C23H18ClN3O4S/c24-17-10-5-4-9-16(17)23(29)25-18(15-7-2-1-3-8-15)13-21(28)30-14-20-26-22(27-31-20)19-11-6-12-32-19/h1-12,18H,13-14H2,(H,25,29). The van der Waals surface area contributed by atoms with Gasteiger partial charge in [-0.1, -0.05) is 65.3 Å². The van der Waals surface area contributed by atoms with Crippen molar-refractivity contribution in [2.24, 2.45) is 0 Å². The average molecular weight is 468 g/mol. The van der Waals surface area contributed by atoms with Crippen LogP contribution in [0.25, 0.3) is 10.7 Å². The van der Waals surface area contributed by atoms with Gasteiger partial charge in [0.25, 0.3) is 11.8 Å². The highest BCUT2D eigenvalue weighted by Crippen LogP contribution is 2.23. The van der Waals surface area contributed by atoms with E-state index in [1.54, 1.807) is 24.3 Å². The number of hydrogen-bond donors (Lipinski definition) is 1. The van der Waals surface area contributed by atoms with E-state index in [4.69, 9.17) is 20.9 Å². The molecular formula is C23H18ClN3O4S. The number of ether oxygens (including phenoxy) is 1. The lowest BCUT2D eigenvalue weighted by Crippen LogP contribution is -2.30. The SMILES string of the molecule is O=C(CC(NC(=O)c1ccccc1Cl)c1ccccc1)OCc1nc(-c2cccs2)no1. The first-order valence-corrected chi connectivity index (χ1v) is 11.0. The molecular weight excluding hydrogens is 450 g/mol. The van der Waals surface area contributed by atoms with Gasteiger partial charge in [0.15, 0.2) is 6.61 Å². The topological polar surface area (TPSA) is 94.3 Å². The fourth-order valence-corrected chi connectivity index (χ4v) is 3.88. The Balaban J connectivity index is 1.41. The third-order valence-corrected chi connectivity index (χ3v) is 5.76. The van der Waals surface area contributed by atoms with Crippen LogP contribution in [-0.4, -0.2) is 22.0 Å². The van der Waals surface area contributed by atoms with Gasteiger partial charge < -0.3 is 14.6 Å². The number of nitrogens with one attached hydrogen (secondary N) is 1. The largest absolute Gasteiger partial charge is 0.455 e. The molecule has 0 bridgehead atoms. The van der Waals surface area contributed by atoms with E-state index in [9.17, 15) is 9.59 Å². The Hall–Kier alpha value is -3.49. The van der Waals surface area contributed by atoms with Gasteiger partial charge in [0.05, 0.1) is 27.9 Å². The molecule has 1 unspecified atom stereocenters. The predicted molar refractivity (Wildman–Crippen MR) is 120 cm³/mol. The summed E-state index contributed by atoms with van der Waals surface area (Å²) in [6, 6.07) is 19.1. The molecule has 0 radical (unpaired) electrons. The van der Waals surface area contributed by atoms with Crippen molar-refractivity contribution in [3.63, 3.8) is 0 Å². The molecule has 2 aromatic heterocycles. The van der Waals surface area contributed by atoms with E-state index in [2.05, 4.69) is 15.5 Å². The first-order chi connectivity index (χ1) is 15.6. The Labute approximate surface area is 193 Å². The maximum atomic E-state index is 12.7. The normalized spacial score (nSPS) is 11.7. The quantitative estimate of drug-likeness (QED) is 0.364. The number of rotatable bonds is 8. The molecule has 0 saturated heterocycles. The Kier molecular flexibility index (Phi) is 6.94. The third-order valence-electron chi connectivity index (χ3n) is 4.56. The number of nitrogens with zero attached hydrogens (tertiary/aromatic N) is 2. The number of halogens is 1. The predicted octanol–water partition coefficient (Wildman–Crippen LogP) is 5.06. The Bertz CT molecular complexity index is 1190. The summed E-state index contributed by atoms with van der Waals surface area (Å²) < 4.78 is 10.5. The summed E-state index contributed by atoms with van der Waals surface area (Å²) in [7, 11) is 0. The summed E-state index contributed by atoms with van der Waals surface area (Å²) >= 11 is 7.62. The molecule has 0 fully saturated rings. The van der Waals surface area contributed by atoms with Gasteiger partial charge in [-0.15, -0.1) is 11.3 Å². The zero-order valence-corrected chi connectivity index (χ0v) is 18.3. The Morgan fingerprint density at radius 1 is 1.06 bits per heavy atom. The first kappa shape index (κ1) is 21.7. The van der Waals surface area contributed by atoms with Crippen molar-refractivity contribution in [3.05, 3.63) is 94.2 Å². The molecule has 1 amide bonds. The average Bonchev–Trinajstić information content (AvgIpc) is 3.50. The van der Waals surface area contributed by atoms with E-state index in [0.717, 1.165) is 10.4 Å².